The van der Waals surface area contributed by atoms with Crippen LogP contribution in [-0.4, -0.2) is 31.1 Å². The molecule has 1 aromatic carbocycles. The van der Waals surface area contributed by atoms with Gasteiger partial charge in [0.1, 0.15) is 6.16 Å². The molecule has 1 aromatic rings. The van der Waals surface area contributed by atoms with Gasteiger partial charge in [-0.05, 0) is 44.2 Å². The molecule has 104 valence electrons. The smallest absolute Gasteiger partial charge is 0.261 e. The Bertz CT molecular complexity index is 444. The second-order valence-electron chi connectivity index (χ2n) is 6.10. The first-order chi connectivity index (χ1) is 9.00. The number of carbonyl (C=O) groups excluding carboxylic acids is 1. The standard InChI is InChI=1S/C16H24NOP/c1-13-8-7-9-14(2)16(13)17-15(18)12-19(3)10-5-4-6-11-19/h7-9H,4-6,10-12H2,1-3H3/p+1. The molecule has 1 heterocycles. The van der Waals surface area contributed by atoms with Crippen molar-refractivity contribution in [2.75, 3.05) is 30.5 Å². The Morgan fingerprint density at radius 2 is 1.74 bits per heavy atom. The van der Waals surface area contributed by atoms with Gasteiger partial charge in [-0.15, -0.1) is 0 Å². The van der Waals surface area contributed by atoms with Crippen molar-refractivity contribution in [3.05, 3.63) is 29.3 Å². The van der Waals surface area contributed by atoms with Gasteiger partial charge < -0.3 is 5.32 Å². The normalized spacial score (nSPS) is 18.1. The molecule has 1 N–H and O–H groups in total. The van der Waals surface area contributed by atoms with E-state index in [1.807, 2.05) is 6.07 Å². The van der Waals surface area contributed by atoms with E-state index in [9.17, 15) is 4.79 Å². The fourth-order valence-corrected chi connectivity index (χ4v) is 6.26. The summed E-state index contributed by atoms with van der Waals surface area (Å²) in [6.45, 7) is 6.48. The highest BCUT2D eigenvalue weighted by molar-refractivity contribution is 7.76. The van der Waals surface area contributed by atoms with E-state index in [1.54, 1.807) is 0 Å². The minimum atomic E-state index is -0.999. The highest BCUT2D eigenvalue weighted by Gasteiger charge is 2.36. The Balaban J connectivity index is 2.01. The summed E-state index contributed by atoms with van der Waals surface area (Å²) in [6, 6.07) is 6.15. The Morgan fingerprint density at radius 3 is 2.32 bits per heavy atom. The predicted molar refractivity (Wildman–Crippen MR) is 85.8 cm³/mol. The molecule has 0 unspecified atom stereocenters. The molecule has 1 aliphatic rings. The summed E-state index contributed by atoms with van der Waals surface area (Å²) in [7, 11) is -0.999. The summed E-state index contributed by atoms with van der Waals surface area (Å²) in [5.41, 5.74) is 3.32. The summed E-state index contributed by atoms with van der Waals surface area (Å²) in [5, 5.41) is 3.14. The second-order valence-corrected chi connectivity index (χ2v) is 10.6. The second kappa shape index (κ2) is 6.05. The van der Waals surface area contributed by atoms with Crippen molar-refractivity contribution >= 4 is 18.9 Å². The topological polar surface area (TPSA) is 29.1 Å². The third-order valence-corrected chi connectivity index (χ3v) is 8.01. The number of amides is 1. The Hall–Kier alpha value is -0.880. The Kier molecular flexibility index (Phi) is 4.62. The maximum Gasteiger partial charge on any atom is 0.261 e. The minimum absolute atomic E-state index is 0.218. The fraction of sp³-hybridized carbons (Fsp3) is 0.562. The van der Waals surface area contributed by atoms with Crippen LogP contribution in [0, 0.1) is 13.8 Å². The molecule has 0 spiro atoms. The number of para-hydroxylation sites is 1. The van der Waals surface area contributed by atoms with Crippen molar-refractivity contribution in [3.8, 4) is 0 Å². The van der Waals surface area contributed by atoms with Gasteiger partial charge in [-0.25, -0.2) is 0 Å². The van der Waals surface area contributed by atoms with Gasteiger partial charge >= 0.3 is 0 Å². The van der Waals surface area contributed by atoms with Crippen molar-refractivity contribution in [2.24, 2.45) is 0 Å². The maximum atomic E-state index is 12.3. The van der Waals surface area contributed by atoms with Crippen LogP contribution in [0.1, 0.15) is 30.4 Å². The summed E-state index contributed by atoms with van der Waals surface area (Å²) in [5.74, 6) is 0.218. The summed E-state index contributed by atoms with van der Waals surface area (Å²) < 4.78 is 0. The van der Waals surface area contributed by atoms with Gasteiger partial charge in [0.05, 0.1) is 12.3 Å². The molecule has 1 fully saturated rings. The SMILES string of the molecule is Cc1cccc(C)c1NC(=O)C[P+]1(C)CCCCC1. The molecule has 0 saturated carbocycles. The molecule has 19 heavy (non-hydrogen) atoms. The van der Waals surface area contributed by atoms with Crippen LogP contribution in [0.2, 0.25) is 0 Å². The first kappa shape index (κ1) is 14.5. The van der Waals surface area contributed by atoms with Crippen LogP contribution in [0.25, 0.3) is 0 Å². The van der Waals surface area contributed by atoms with Gasteiger partial charge in [-0.1, -0.05) is 18.2 Å². The highest BCUT2D eigenvalue weighted by Crippen LogP contribution is 2.58. The molecule has 1 amide bonds. The zero-order valence-corrected chi connectivity index (χ0v) is 13.2. The lowest BCUT2D eigenvalue weighted by Crippen LogP contribution is -2.23. The largest absolute Gasteiger partial charge is 0.322 e. The number of benzene rings is 1. The van der Waals surface area contributed by atoms with E-state index in [0.29, 0.717) is 0 Å². The first-order valence-corrected chi connectivity index (χ1v) is 9.99. The molecule has 0 radical (unpaired) electrons. The Morgan fingerprint density at radius 1 is 1.16 bits per heavy atom. The third kappa shape index (κ3) is 3.79. The van der Waals surface area contributed by atoms with Crippen LogP contribution in [0.15, 0.2) is 18.2 Å². The van der Waals surface area contributed by atoms with Crippen LogP contribution in [0.5, 0.6) is 0 Å². The average molecular weight is 278 g/mol. The van der Waals surface area contributed by atoms with Crippen LogP contribution >= 0.6 is 7.26 Å². The van der Waals surface area contributed by atoms with Gasteiger partial charge in [-0.3, -0.25) is 4.79 Å². The summed E-state index contributed by atoms with van der Waals surface area (Å²) in [6.07, 6.45) is 7.36. The summed E-state index contributed by atoms with van der Waals surface area (Å²) >= 11 is 0. The third-order valence-electron chi connectivity index (χ3n) is 4.17. The predicted octanol–water partition coefficient (Wildman–Crippen LogP) is 4.07. The number of aryl methyl sites for hydroxylation is 2. The van der Waals surface area contributed by atoms with Crippen molar-refractivity contribution < 1.29 is 4.79 Å². The van der Waals surface area contributed by atoms with Gasteiger partial charge in [0.25, 0.3) is 5.91 Å². The average Bonchev–Trinajstić information content (AvgIpc) is 2.34. The van der Waals surface area contributed by atoms with Crippen LogP contribution in [0.3, 0.4) is 0 Å². The van der Waals surface area contributed by atoms with E-state index in [-0.39, 0.29) is 5.91 Å². The molecule has 1 saturated heterocycles. The van der Waals surface area contributed by atoms with Gasteiger partial charge in [0.15, 0.2) is 0 Å². The quantitative estimate of drug-likeness (QED) is 0.830. The molecular formula is C16H25NOP+. The van der Waals surface area contributed by atoms with Crippen LogP contribution < -0.4 is 5.32 Å². The van der Waals surface area contributed by atoms with Gasteiger partial charge in [0.2, 0.25) is 0 Å². The molecule has 3 heteroatoms. The van der Waals surface area contributed by atoms with Crippen LogP contribution in [0.4, 0.5) is 5.69 Å². The molecule has 0 aliphatic carbocycles. The zero-order chi connectivity index (χ0) is 13.9. The van der Waals surface area contributed by atoms with E-state index in [0.717, 1.165) is 23.0 Å². The Labute approximate surface area is 117 Å². The molecule has 0 aromatic heterocycles. The van der Waals surface area contributed by atoms with Crippen molar-refractivity contribution in [2.45, 2.75) is 33.1 Å². The lowest BCUT2D eigenvalue weighted by Gasteiger charge is -2.26. The van der Waals surface area contributed by atoms with Gasteiger partial charge in [-0.2, -0.15) is 0 Å². The lowest BCUT2D eigenvalue weighted by atomic mass is 10.1. The van der Waals surface area contributed by atoms with E-state index < -0.39 is 7.26 Å². The summed E-state index contributed by atoms with van der Waals surface area (Å²) in [4.78, 5) is 12.3. The number of nitrogens with one attached hydrogen (secondary N) is 1. The van der Waals surface area contributed by atoms with Crippen molar-refractivity contribution in [3.63, 3.8) is 0 Å². The zero-order valence-electron chi connectivity index (χ0n) is 12.3. The van der Waals surface area contributed by atoms with Crippen molar-refractivity contribution in [1.29, 1.82) is 0 Å². The van der Waals surface area contributed by atoms with E-state index in [1.165, 1.54) is 31.6 Å². The number of carbonyl (C=O) groups is 1. The molecule has 0 bridgehead atoms. The fourth-order valence-electron chi connectivity index (χ4n) is 2.97. The highest BCUT2D eigenvalue weighted by atomic mass is 31.2. The van der Waals surface area contributed by atoms with E-state index in [4.69, 9.17) is 0 Å². The van der Waals surface area contributed by atoms with Gasteiger partial charge in [0, 0.05) is 19.6 Å². The minimum Gasteiger partial charge on any atom is -0.322 e. The van der Waals surface area contributed by atoms with E-state index in [2.05, 4.69) is 38.0 Å². The molecule has 2 nitrogen and oxygen atoms in total. The number of anilines is 1. The number of rotatable bonds is 3. The van der Waals surface area contributed by atoms with Crippen LogP contribution in [-0.2, 0) is 4.79 Å². The lowest BCUT2D eigenvalue weighted by molar-refractivity contribution is -0.113. The number of hydrogen-bond donors (Lipinski definition) is 1. The van der Waals surface area contributed by atoms with E-state index >= 15 is 0 Å². The molecule has 1 aliphatic heterocycles. The molecule has 2 rings (SSSR count). The first-order valence-electron chi connectivity index (χ1n) is 7.20. The molecular weight excluding hydrogens is 253 g/mol. The monoisotopic (exact) mass is 278 g/mol. The maximum absolute atomic E-state index is 12.3. The van der Waals surface area contributed by atoms with Crippen molar-refractivity contribution in [1.82, 2.24) is 0 Å². The molecule has 0 atom stereocenters. The number of hydrogen-bond acceptors (Lipinski definition) is 1.